The fourth-order valence-corrected chi connectivity index (χ4v) is 3.73. The van der Waals surface area contributed by atoms with Gasteiger partial charge in [0.1, 0.15) is 11.9 Å². The highest BCUT2D eigenvalue weighted by Gasteiger charge is 2.35. The van der Waals surface area contributed by atoms with Crippen LogP contribution in [-0.2, 0) is 11.3 Å². The van der Waals surface area contributed by atoms with Gasteiger partial charge in [-0.25, -0.2) is 4.39 Å². The SMILES string of the molecule is O=C(NCc1ccc(F)cc1)[C@H]1CCCN1C(=O)c1cc(-c2ccccc2Cl)on1. The van der Waals surface area contributed by atoms with Gasteiger partial charge >= 0.3 is 0 Å². The molecule has 6 nitrogen and oxygen atoms in total. The number of nitrogens with zero attached hydrogens (tertiary/aromatic N) is 2. The van der Waals surface area contributed by atoms with Gasteiger partial charge in [-0.3, -0.25) is 9.59 Å². The van der Waals surface area contributed by atoms with Crippen LogP contribution < -0.4 is 5.32 Å². The third kappa shape index (κ3) is 4.21. The van der Waals surface area contributed by atoms with Gasteiger partial charge in [-0.1, -0.05) is 41.0 Å². The summed E-state index contributed by atoms with van der Waals surface area (Å²) in [6.07, 6.45) is 1.28. The lowest BCUT2D eigenvalue weighted by molar-refractivity contribution is -0.125. The molecule has 0 unspecified atom stereocenters. The first-order valence-corrected chi connectivity index (χ1v) is 9.95. The summed E-state index contributed by atoms with van der Waals surface area (Å²) in [6.45, 7) is 0.722. The lowest BCUT2D eigenvalue weighted by atomic mass is 10.1. The molecule has 1 N–H and O–H groups in total. The zero-order valence-electron chi connectivity index (χ0n) is 16.0. The number of aromatic nitrogens is 1. The van der Waals surface area contributed by atoms with E-state index in [2.05, 4.69) is 10.5 Å². The van der Waals surface area contributed by atoms with E-state index in [1.807, 2.05) is 6.07 Å². The molecule has 4 rings (SSSR count). The first-order valence-electron chi connectivity index (χ1n) is 9.57. The summed E-state index contributed by atoms with van der Waals surface area (Å²) in [4.78, 5) is 27.1. The molecule has 0 spiro atoms. The Bertz CT molecular complexity index is 1070. The van der Waals surface area contributed by atoms with Crippen molar-refractivity contribution in [3.05, 3.63) is 76.7 Å². The maximum atomic E-state index is 13.0. The highest BCUT2D eigenvalue weighted by atomic mass is 35.5. The number of amides is 2. The van der Waals surface area contributed by atoms with Crippen molar-refractivity contribution in [3.8, 4) is 11.3 Å². The van der Waals surface area contributed by atoms with Crippen LogP contribution in [0, 0.1) is 5.82 Å². The van der Waals surface area contributed by atoms with Gasteiger partial charge in [0.15, 0.2) is 11.5 Å². The van der Waals surface area contributed by atoms with Gasteiger partial charge in [-0.15, -0.1) is 0 Å². The molecule has 154 valence electrons. The summed E-state index contributed by atoms with van der Waals surface area (Å²) in [5, 5.41) is 7.19. The van der Waals surface area contributed by atoms with E-state index in [-0.39, 0.29) is 29.9 Å². The fourth-order valence-electron chi connectivity index (χ4n) is 3.50. The number of rotatable bonds is 5. The van der Waals surface area contributed by atoms with Crippen LogP contribution in [0.25, 0.3) is 11.3 Å². The van der Waals surface area contributed by atoms with Crippen molar-refractivity contribution in [2.24, 2.45) is 0 Å². The lowest BCUT2D eigenvalue weighted by Gasteiger charge is -2.23. The monoisotopic (exact) mass is 427 g/mol. The van der Waals surface area contributed by atoms with Crippen LogP contribution in [0.15, 0.2) is 59.1 Å². The topological polar surface area (TPSA) is 75.4 Å². The number of likely N-dealkylation sites (tertiary alicyclic amines) is 1. The number of halogens is 2. The van der Waals surface area contributed by atoms with Gasteiger partial charge in [0.05, 0.1) is 5.02 Å². The first kappa shape index (κ1) is 20.1. The lowest BCUT2D eigenvalue weighted by Crippen LogP contribution is -2.45. The van der Waals surface area contributed by atoms with E-state index in [1.165, 1.54) is 23.1 Å². The minimum absolute atomic E-state index is 0.128. The molecule has 2 heterocycles. The average molecular weight is 428 g/mol. The van der Waals surface area contributed by atoms with E-state index in [0.29, 0.717) is 29.3 Å². The summed E-state index contributed by atoms with van der Waals surface area (Å²) in [5.74, 6) is -0.557. The summed E-state index contributed by atoms with van der Waals surface area (Å²) >= 11 is 6.18. The van der Waals surface area contributed by atoms with E-state index < -0.39 is 6.04 Å². The zero-order valence-corrected chi connectivity index (χ0v) is 16.7. The predicted octanol–water partition coefficient (Wildman–Crippen LogP) is 4.06. The van der Waals surface area contributed by atoms with Gasteiger partial charge in [0.2, 0.25) is 5.91 Å². The number of hydrogen-bond acceptors (Lipinski definition) is 4. The molecule has 0 bridgehead atoms. The van der Waals surface area contributed by atoms with Crippen molar-refractivity contribution in [3.63, 3.8) is 0 Å². The van der Waals surface area contributed by atoms with Crippen LogP contribution in [0.2, 0.25) is 5.02 Å². The molecule has 3 aromatic rings. The summed E-state index contributed by atoms with van der Waals surface area (Å²) in [7, 11) is 0. The second-order valence-corrected chi connectivity index (χ2v) is 7.46. The smallest absolute Gasteiger partial charge is 0.276 e. The quantitative estimate of drug-likeness (QED) is 0.666. The molecular formula is C22H19ClFN3O3. The molecule has 30 heavy (non-hydrogen) atoms. The Kier molecular flexibility index (Phi) is 5.81. The number of carbonyl (C=O) groups is 2. The number of benzene rings is 2. The Balaban J connectivity index is 1.44. The van der Waals surface area contributed by atoms with Gasteiger partial charge in [0, 0.05) is 24.7 Å². The molecule has 1 aromatic heterocycles. The van der Waals surface area contributed by atoms with Crippen molar-refractivity contribution in [2.45, 2.75) is 25.4 Å². The van der Waals surface area contributed by atoms with Gasteiger partial charge < -0.3 is 14.7 Å². The van der Waals surface area contributed by atoms with Crippen LogP contribution in [0.1, 0.15) is 28.9 Å². The molecule has 0 saturated carbocycles. The largest absolute Gasteiger partial charge is 0.355 e. The van der Waals surface area contributed by atoms with E-state index >= 15 is 0 Å². The van der Waals surface area contributed by atoms with Crippen molar-refractivity contribution >= 4 is 23.4 Å². The van der Waals surface area contributed by atoms with E-state index in [9.17, 15) is 14.0 Å². The van der Waals surface area contributed by atoms with Gasteiger partial charge in [-0.05, 0) is 42.7 Å². The molecule has 1 atom stereocenters. The Morgan fingerprint density at radius 2 is 1.97 bits per heavy atom. The molecule has 1 aliphatic heterocycles. The minimum atomic E-state index is -0.585. The number of carbonyl (C=O) groups excluding carboxylic acids is 2. The van der Waals surface area contributed by atoms with Crippen LogP contribution in [0.5, 0.6) is 0 Å². The summed E-state index contributed by atoms with van der Waals surface area (Å²) in [6, 6.07) is 14.0. The molecule has 1 saturated heterocycles. The normalized spacial score (nSPS) is 15.9. The third-order valence-electron chi connectivity index (χ3n) is 5.06. The fraction of sp³-hybridized carbons (Fsp3) is 0.227. The van der Waals surface area contributed by atoms with E-state index in [4.69, 9.17) is 16.1 Å². The highest BCUT2D eigenvalue weighted by molar-refractivity contribution is 6.33. The Labute approximate surface area is 177 Å². The molecule has 1 aliphatic rings. The molecule has 1 fully saturated rings. The number of nitrogens with one attached hydrogen (secondary N) is 1. The maximum absolute atomic E-state index is 13.0. The van der Waals surface area contributed by atoms with Crippen LogP contribution in [-0.4, -0.2) is 34.5 Å². The number of hydrogen-bond donors (Lipinski definition) is 1. The van der Waals surface area contributed by atoms with E-state index in [0.717, 1.165) is 12.0 Å². The maximum Gasteiger partial charge on any atom is 0.276 e. The second-order valence-electron chi connectivity index (χ2n) is 7.06. The molecule has 2 aromatic carbocycles. The predicted molar refractivity (Wildman–Crippen MR) is 109 cm³/mol. The van der Waals surface area contributed by atoms with Crippen LogP contribution in [0.3, 0.4) is 0 Å². The van der Waals surface area contributed by atoms with Crippen molar-refractivity contribution < 1.29 is 18.5 Å². The van der Waals surface area contributed by atoms with Crippen molar-refractivity contribution in [2.75, 3.05) is 6.54 Å². The molecule has 8 heteroatoms. The second kappa shape index (κ2) is 8.67. The molecule has 0 aliphatic carbocycles. The Morgan fingerprint density at radius 1 is 1.20 bits per heavy atom. The minimum Gasteiger partial charge on any atom is -0.355 e. The van der Waals surface area contributed by atoms with Gasteiger partial charge in [-0.2, -0.15) is 0 Å². The molecular weight excluding hydrogens is 409 g/mol. The summed E-state index contributed by atoms with van der Waals surface area (Å²) < 4.78 is 18.3. The van der Waals surface area contributed by atoms with Crippen LogP contribution >= 0.6 is 11.6 Å². The standard InChI is InChI=1S/C22H19ClFN3O3/c23-17-5-2-1-4-16(17)20-12-18(26-30-20)22(29)27-11-3-6-19(27)21(28)25-13-14-7-9-15(24)10-8-14/h1-2,4-5,7-10,12,19H,3,6,11,13H2,(H,25,28)/t19-/m1/s1. The van der Waals surface area contributed by atoms with Crippen molar-refractivity contribution in [1.29, 1.82) is 0 Å². The van der Waals surface area contributed by atoms with E-state index in [1.54, 1.807) is 30.3 Å². The third-order valence-corrected chi connectivity index (χ3v) is 5.39. The Morgan fingerprint density at radius 3 is 2.73 bits per heavy atom. The van der Waals surface area contributed by atoms with Gasteiger partial charge in [0.25, 0.3) is 5.91 Å². The molecule has 0 radical (unpaired) electrons. The van der Waals surface area contributed by atoms with Crippen molar-refractivity contribution in [1.82, 2.24) is 15.4 Å². The highest BCUT2D eigenvalue weighted by Crippen LogP contribution is 2.29. The molecule has 2 amide bonds. The average Bonchev–Trinajstić information content (AvgIpc) is 3.43. The van der Waals surface area contributed by atoms with Crippen LogP contribution in [0.4, 0.5) is 4.39 Å². The zero-order chi connectivity index (χ0) is 21.1. The first-order chi connectivity index (χ1) is 14.5. The Hall–Kier alpha value is -3.19. The summed E-state index contributed by atoms with van der Waals surface area (Å²) in [5.41, 5.74) is 1.55.